The largest absolute Gasteiger partial charge is 0.288 e. The second kappa shape index (κ2) is 6.72. The summed E-state index contributed by atoms with van der Waals surface area (Å²) in [7, 11) is 0. The van der Waals surface area contributed by atoms with Gasteiger partial charge in [0, 0.05) is 17.3 Å². The van der Waals surface area contributed by atoms with Crippen molar-refractivity contribution < 1.29 is 0 Å². The van der Waals surface area contributed by atoms with Crippen molar-refractivity contribution in [3.63, 3.8) is 0 Å². The van der Waals surface area contributed by atoms with Gasteiger partial charge in [-0.15, -0.1) is 11.3 Å². The van der Waals surface area contributed by atoms with E-state index in [1.807, 2.05) is 24.4 Å². The topological polar surface area (TPSA) is 49.0 Å². The normalized spacial score (nSPS) is 14.0. The minimum atomic E-state index is -0.383. The summed E-state index contributed by atoms with van der Waals surface area (Å²) in [5, 5.41) is 14.5. The predicted octanol–water partition coefficient (Wildman–Crippen LogP) is 5.04. The zero-order valence-corrected chi connectivity index (χ0v) is 13.9. The van der Waals surface area contributed by atoms with E-state index in [9.17, 15) is 5.26 Å². The fourth-order valence-electron chi connectivity index (χ4n) is 2.58. The van der Waals surface area contributed by atoms with Crippen molar-refractivity contribution in [2.75, 3.05) is 0 Å². The summed E-state index contributed by atoms with van der Waals surface area (Å²) in [6, 6.07) is 16.8. The fourth-order valence-corrected chi connectivity index (χ4v) is 3.38. The van der Waals surface area contributed by atoms with Crippen LogP contribution in [0.15, 0.2) is 52.8 Å². The highest BCUT2D eigenvalue weighted by atomic mass is 32.1. The third kappa shape index (κ3) is 3.30. The Bertz CT molecular complexity index is 884. The van der Waals surface area contributed by atoms with Crippen molar-refractivity contribution in [2.24, 2.45) is 4.99 Å². The molecule has 3 nitrogen and oxygen atoms in total. The van der Waals surface area contributed by atoms with Crippen molar-refractivity contribution in [3.8, 4) is 6.07 Å². The Labute approximate surface area is 140 Å². The molecule has 1 heterocycles. The first-order valence-corrected chi connectivity index (χ1v) is 8.39. The van der Waals surface area contributed by atoms with Gasteiger partial charge in [0.2, 0.25) is 0 Å². The number of hydrogen-bond acceptors (Lipinski definition) is 4. The Morgan fingerprint density at radius 2 is 2.00 bits per heavy atom. The number of rotatable bonds is 4. The summed E-state index contributed by atoms with van der Waals surface area (Å²) in [5.74, 6) is -0.383. The minimum absolute atomic E-state index is 0.00184. The van der Waals surface area contributed by atoms with Gasteiger partial charge in [-0.2, -0.15) is 5.26 Å². The number of nitrogens with zero attached hydrogens (tertiary/aromatic N) is 3. The lowest BCUT2D eigenvalue weighted by atomic mass is 10.00. The van der Waals surface area contributed by atoms with Crippen molar-refractivity contribution in [1.29, 1.82) is 5.26 Å². The second-order valence-corrected chi connectivity index (χ2v) is 6.37. The highest BCUT2D eigenvalue weighted by molar-refractivity contribution is 7.09. The van der Waals surface area contributed by atoms with E-state index < -0.39 is 0 Å². The molecule has 114 valence electrons. The van der Waals surface area contributed by atoms with Gasteiger partial charge in [0.1, 0.15) is 10.9 Å². The molecule has 4 heteroatoms. The molecular formula is C19H17N3S. The lowest BCUT2D eigenvalue weighted by Gasteiger charge is -2.11. The first-order valence-electron chi connectivity index (χ1n) is 7.51. The van der Waals surface area contributed by atoms with Crippen molar-refractivity contribution >= 4 is 28.3 Å². The lowest BCUT2D eigenvalue weighted by Crippen LogP contribution is -1.99. The molecular weight excluding hydrogens is 302 g/mol. The molecule has 0 saturated heterocycles. The van der Waals surface area contributed by atoms with Gasteiger partial charge in [-0.05, 0) is 30.2 Å². The van der Waals surface area contributed by atoms with Crippen LogP contribution in [0, 0.1) is 18.3 Å². The Kier molecular flexibility index (Phi) is 4.50. The van der Waals surface area contributed by atoms with Crippen LogP contribution in [0.5, 0.6) is 0 Å². The number of aliphatic imine (C=N–C) groups is 1. The Morgan fingerprint density at radius 3 is 2.74 bits per heavy atom. The van der Waals surface area contributed by atoms with Crippen molar-refractivity contribution in [3.05, 3.63) is 64.1 Å². The highest BCUT2D eigenvalue weighted by Gasteiger charge is 2.13. The number of thiazole rings is 1. The molecule has 0 N–H and O–H groups in total. The Balaban J connectivity index is 1.88. The molecule has 0 radical (unpaired) electrons. The molecule has 0 amide bonds. The van der Waals surface area contributed by atoms with Crippen LogP contribution in [0.1, 0.15) is 35.1 Å². The van der Waals surface area contributed by atoms with Gasteiger partial charge in [0.25, 0.3) is 0 Å². The SMILES string of the molecule is Cc1csc([C@H](C#N)C=N[C@H](C)c2cccc3ccccc23)n1. The smallest absolute Gasteiger partial charge is 0.133 e. The van der Waals surface area contributed by atoms with Crippen LogP contribution in [0.25, 0.3) is 10.8 Å². The zero-order valence-electron chi connectivity index (χ0n) is 13.1. The molecule has 0 saturated carbocycles. The molecule has 0 aliphatic rings. The number of benzene rings is 2. The molecule has 0 fully saturated rings. The summed E-state index contributed by atoms with van der Waals surface area (Å²) in [6.45, 7) is 3.99. The molecule has 2 atom stereocenters. The van der Waals surface area contributed by atoms with E-state index in [2.05, 4.69) is 53.3 Å². The number of nitriles is 1. The van der Waals surface area contributed by atoms with E-state index in [-0.39, 0.29) is 12.0 Å². The predicted molar refractivity (Wildman–Crippen MR) is 96.1 cm³/mol. The molecule has 0 aliphatic heterocycles. The standard InChI is InChI=1S/C19H17N3S/c1-13-12-23-19(22-13)16(10-20)11-21-14(2)17-9-5-7-15-6-3-4-8-18(15)17/h3-9,11-12,14,16H,1-2H3/t14-,16-/m1/s1. The second-order valence-electron chi connectivity index (χ2n) is 5.48. The maximum absolute atomic E-state index is 9.37. The van der Waals surface area contributed by atoms with Crippen LogP contribution in [-0.4, -0.2) is 11.2 Å². The highest BCUT2D eigenvalue weighted by Crippen LogP contribution is 2.27. The van der Waals surface area contributed by atoms with Gasteiger partial charge in [-0.25, -0.2) is 4.98 Å². The van der Waals surface area contributed by atoms with E-state index in [1.165, 1.54) is 27.7 Å². The van der Waals surface area contributed by atoms with Gasteiger partial charge in [0.15, 0.2) is 0 Å². The van der Waals surface area contributed by atoms with Gasteiger partial charge >= 0.3 is 0 Å². The van der Waals surface area contributed by atoms with Gasteiger partial charge in [0.05, 0.1) is 12.1 Å². The van der Waals surface area contributed by atoms with Crippen molar-refractivity contribution in [2.45, 2.75) is 25.8 Å². The fraction of sp³-hybridized carbons (Fsp3) is 0.211. The first kappa shape index (κ1) is 15.4. The molecule has 0 spiro atoms. The number of fused-ring (bicyclic) bond motifs is 1. The van der Waals surface area contributed by atoms with Crippen LogP contribution in [-0.2, 0) is 0 Å². The van der Waals surface area contributed by atoms with E-state index >= 15 is 0 Å². The number of hydrogen-bond donors (Lipinski definition) is 0. The summed E-state index contributed by atoms with van der Waals surface area (Å²) in [5.41, 5.74) is 2.12. The van der Waals surface area contributed by atoms with Gasteiger partial charge in [-0.3, -0.25) is 4.99 Å². The van der Waals surface area contributed by atoms with Gasteiger partial charge in [-0.1, -0.05) is 42.5 Å². The van der Waals surface area contributed by atoms with E-state index in [1.54, 1.807) is 6.21 Å². The Hall–Kier alpha value is -2.51. The molecule has 0 unspecified atom stereocenters. The first-order chi connectivity index (χ1) is 11.2. The van der Waals surface area contributed by atoms with Crippen molar-refractivity contribution in [1.82, 2.24) is 4.98 Å². The van der Waals surface area contributed by atoms with Crippen LogP contribution < -0.4 is 0 Å². The summed E-state index contributed by atoms with van der Waals surface area (Å²) >= 11 is 1.51. The van der Waals surface area contributed by atoms with Gasteiger partial charge < -0.3 is 0 Å². The summed E-state index contributed by atoms with van der Waals surface area (Å²) in [4.78, 5) is 9.01. The lowest BCUT2D eigenvalue weighted by molar-refractivity contribution is 0.827. The van der Waals surface area contributed by atoms with E-state index in [4.69, 9.17) is 0 Å². The zero-order chi connectivity index (χ0) is 16.2. The molecule has 2 aromatic carbocycles. The number of aryl methyl sites for hydroxylation is 1. The number of aromatic nitrogens is 1. The van der Waals surface area contributed by atoms with Crippen LogP contribution in [0.2, 0.25) is 0 Å². The molecule has 0 bridgehead atoms. The molecule has 3 rings (SSSR count). The Morgan fingerprint density at radius 1 is 1.22 bits per heavy atom. The van der Waals surface area contributed by atoms with Crippen LogP contribution >= 0.6 is 11.3 Å². The van der Waals surface area contributed by atoms with E-state index in [0.717, 1.165) is 10.7 Å². The average molecular weight is 319 g/mol. The maximum atomic E-state index is 9.37. The average Bonchev–Trinajstić information content (AvgIpc) is 3.01. The summed E-state index contributed by atoms with van der Waals surface area (Å²) in [6.07, 6.45) is 1.73. The maximum Gasteiger partial charge on any atom is 0.133 e. The van der Waals surface area contributed by atoms with Crippen LogP contribution in [0.3, 0.4) is 0 Å². The third-order valence-electron chi connectivity index (χ3n) is 3.77. The molecule has 23 heavy (non-hydrogen) atoms. The third-order valence-corrected chi connectivity index (χ3v) is 4.82. The summed E-state index contributed by atoms with van der Waals surface area (Å²) < 4.78 is 0. The molecule has 3 aromatic rings. The van der Waals surface area contributed by atoms with Crippen LogP contribution in [0.4, 0.5) is 0 Å². The van der Waals surface area contributed by atoms with E-state index in [0.29, 0.717) is 0 Å². The minimum Gasteiger partial charge on any atom is -0.288 e. The molecule has 0 aliphatic carbocycles. The quantitative estimate of drug-likeness (QED) is 0.632. The molecule has 1 aromatic heterocycles. The monoisotopic (exact) mass is 319 g/mol.